The number of para-hydroxylation sites is 2. The molecule has 0 aliphatic heterocycles. The third kappa shape index (κ3) is 3.99. The van der Waals surface area contributed by atoms with Gasteiger partial charge in [0.25, 0.3) is 0 Å². The molecule has 1 aliphatic carbocycles. The number of hydrogen-bond acceptors (Lipinski definition) is 2. The molecule has 5 heteroatoms. The summed E-state index contributed by atoms with van der Waals surface area (Å²) in [4.78, 5) is 26.4. The highest BCUT2D eigenvalue weighted by Gasteiger charge is 2.32. The summed E-state index contributed by atoms with van der Waals surface area (Å²) in [6.45, 7) is 0. The Morgan fingerprint density at radius 1 is 0.880 bits per heavy atom. The lowest BCUT2D eigenvalue weighted by Gasteiger charge is -2.32. The van der Waals surface area contributed by atoms with Gasteiger partial charge in [-0.2, -0.15) is 0 Å². The first-order valence-corrected chi connectivity index (χ1v) is 8.67. The fraction of sp³-hybridized carbons (Fsp3) is 0.300. The van der Waals surface area contributed by atoms with Crippen molar-refractivity contribution in [1.82, 2.24) is 5.32 Å². The Labute approximate surface area is 147 Å². The van der Waals surface area contributed by atoms with E-state index in [2.05, 4.69) is 5.32 Å². The van der Waals surface area contributed by atoms with Gasteiger partial charge in [0, 0.05) is 6.04 Å². The molecule has 3 N–H and O–H groups in total. The standard InChI is InChI=1S/C20H23N3O2/c21-19(24)17-13-7-8-14-18(17)22-20(25)23(15-9-3-1-4-10-15)16-11-5-2-6-12-16/h1-6,9-12,17-18H,7-8,13-14H2,(H2,21,24)(H,22,25)/t17-,18+/m1/s1. The number of benzene rings is 2. The number of hydrogen-bond donors (Lipinski definition) is 2. The van der Waals surface area contributed by atoms with Crippen molar-refractivity contribution in [2.45, 2.75) is 31.7 Å². The number of rotatable bonds is 4. The molecule has 3 amide bonds. The van der Waals surface area contributed by atoms with Gasteiger partial charge in [-0.3, -0.25) is 9.69 Å². The molecular formula is C20H23N3O2. The molecule has 1 fully saturated rings. The third-order valence-electron chi connectivity index (χ3n) is 4.67. The average molecular weight is 337 g/mol. The second-order valence-corrected chi connectivity index (χ2v) is 6.36. The molecule has 0 saturated heterocycles. The Balaban J connectivity index is 1.86. The van der Waals surface area contributed by atoms with Crippen molar-refractivity contribution in [3.8, 4) is 0 Å². The van der Waals surface area contributed by atoms with Gasteiger partial charge in [-0.25, -0.2) is 4.79 Å². The lowest BCUT2D eigenvalue weighted by atomic mass is 9.84. The second-order valence-electron chi connectivity index (χ2n) is 6.36. The van der Waals surface area contributed by atoms with E-state index in [0.29, 0.717) is 0 Å². The first kappa shape index (κ1) is 17.0. The lowest BCUT2D eigenvalue weighted by Crippen LogP contribution is -2.50. The van der Waals surface area contributed by atoms with Crippen molar-refractivity contribution in [2.24, 2.45) is 11.7 Å². The molecule has 2 aromatic carbocycles. The number of primary amides is 1. The summed E-state index contributed by atoms with van der Waals surface area (Å²) in [7, 11) is 0. The largest absolute Gasteiger partial charge is 0.369 e. The highest BCUT2D eigenvalue weighted by atomic mass is 16.2. The zero-order valence-electron chi connectivity index (χ0n) is 14.1. The summed E-state index contributed by atoms with van der Waals surface area (Å²) >= 11 is 0. The minimum Gasteiger partial charge on any atom is -0.369 e. The van der Waals surface area contributed by atoms with Crippen LogP contribution in [-0.4, -0.2) is 18.0 Å². The monoisotopic (exact) mass is 337 g/mol. The van der Waals surface area contributed by atoms with Crippen LogP contribution in [0.4, 0.5) is 16.2 Å². The van der Waals surface area contributed by atoms with Crippen molar-refractivity contribution < 1.29 is 9.59 Å². The highest BCUT2D eigenvalue weighted by molar-refractivity contribution is 5.99. The van der Waals surface area contributed by atoms with Crippen molar-refractivity contribution >= 4 is 23.3 Å². The number of carbonyl (C=O) groups excluding carboxylic acids is 2. The number of amides is 3. The summed E-state index contributed by atoms with van der Waals surface area (Å²) in [6.07, 6.45) is 3.47. The number of urea groups is 1. The van der Waals surface area contributed by atoms with Gasteiger partial charge in [-0.05, 0) is 37.1 Å². The molecule has 1 aliphatic rings. The van der Waals surface area contributed by atoms with Gasteiger partial charge < -0.3 is 11.1 Å². The first-order valence-electron chi connectivity index (χ1n) is 8.67. The normalized spacial score (nSPS) is 19.8. The Morgan fingerprint density at radius 2 is 1.40 bits per heavy atom. The molecule has 2 aromatic rings. The second kappa shape index (κ2) is 7.83. The van der Waals surface area contributed by atoms with E-state index in [-0.39, 0.29) is 23.9 Å². The lowest BCUT2D eigenvalue weighted by molar-refractivity contribution is -0.123. The predicted molar refractivity (Wildman–Crippen MR) is 98.5 cm³/mol. The molecule has 1 saturated carbocycles. The van der Waals surface area contributed by atoms with Crippen LogP contribution in [0, 0.1) is 5.92 Å². The van der Waals surface area contributed by atoms with E-state index in [1.165, 1.54) is 0 Å². The summed E-state index contributed by atoms with van der Waals surface area (Å²) in [5, 5.41) is 3.03. The summed E-state index contributed by atoms with van der Waals surface area (Å²) in [6, 6.07) is 18.5. The fourth-order valence-electron chi connectivity index (χ4n) is 3.41. The smallest absolute Gasteiger partial charge is 0.326 e. The molecule has 3 rings (SSSR count). The molecule has 5 nitrogen and oxygen atoms in total. The van der Waals surface area contributed by atoms with Gasteiger partial charge in [-0.15, -0.1) is 0 Å². The Kier molecular flexibility index (Phi) is 5.33. The highest BCUT2D eigenvalue weighted by Crippen LogP contribution is 2.28. The van der Waals surface area contributed by atoms with Crippen LogP contribution >= 0.6 is 0 Å². The van der Waals surface area contributed by atoms with E-state index in [0.717, 1.165) is 37.1 Å². The van der Waals surface area contributed by atoms with Gasteiger partial charge >= 0.3 is 6.03 Å². The summed E-state index contributed by atoms with van der Waals surface area (Å²) < 4.78 is 0. The molecule has 130 valence electrons. The van der Waals surface area contributed by atoms with Crippen LogP contribution in [0.1, 0.15) is 25.7 Å². The molecular weight excluding hydrogens is 314 g/mol. The van der Waals surface area contributed by atoms with Crippen molar-refractivity contribution in [2.75, 3.05) is 4.90 Å². The van der Waals surface area contributed by atoms with E-state index >= 15 is 0 Å². The van der Waals surface area contributed by atoms with Gasteiger partial charge in [-0.1, -0.05) is 49.2 Å². The van der Waals surface area contributed by atoms with Crippen molar-refractivity contribution in [1.29, 1.82) is 0 Å². The zero-order chi connectivity index (χ0) is 17.6. The Morgan fingerprint density at radius 3 is 1.92 bits per heavy atom. The van der Waals surface area contributed by atoms with Crippen molar-refractivity contribution in [3.05, 3.63) is 60.7 Å². The minimum atomic E-state index is -0.337. The molecule has 25 heavy (non-hydrogen) atoms. The van der Waals surface area contributed by atoms with Gasteiger partial charge in [0.2, 0.25) is 5.91 Å². The summed E-state index contributed by atoms with van der Waals surface area (Å²) in [5.41, 5.74) is 7.08. The quantitative estimate of drug-likeness (QED) is 0.895. The van der Waals surface area contributed by atoms with Crippen LogP contribution < -0.4 is 16.0 Å². The van der Waals surface area contributed by atoms with Crippen LogP contribution in [0.5, 0.6) is 0 Å². The van der Waals surface area contributed by atoms with Crippen LogP contribution in [0.15, 0.2) is 60.7 Å². The van der Waals surface area contributed by atoms with E-state index in [4.69, 9.17) is 5.73 Å². The molecule has 0 radical (unpaired) electrons. The van der Waals surface area contributed by atoms with E-state index in [1.54, 1.807) is 4.90 Å². The van der Waals surface area contributed by atoms with Crippen molar-refractivity contribution in [3.63, 3.8) is 0 Å². The molecule has 0 bridgehead atoms. The number of nitrogens with two attached hydrogens (primary N) is 1. The predicted octanol–water partition coefficient (Wildman–Crippen LogP) is 3.58. The average Bonchev–Trinajstić information content (AvgIpc) is 2.64. The van der Waals surface area contributed by atoms with Gasteiger partial charge in [0.1, 0.15) is 0 Å². The Hall–Kier alpha value is -2.82. The van der Waals surface area contributed by atoms with E-state index in [1.807, 2.05) is 60.7 Å². The van der Waals surface area contributed by atoms with Gasteiger partial charge in [0.05, 0.1) is 17.3 Å². The van der Waals surface area contributed by atoms with Crippen LogP contribution in [0.25, 0.3) is 0 Å². The van der Waals surface area contributed by atoms with E-state index < -0.39 is 0 Å². The fourth-order valence-corrected chi connectivity index (χ4v) is 3.41. The first-order chi connectivity index (χ1) is 12.2. The molecule has 2 atom stereocenters. The maximum absolute atomic E-state index is 13.0. The third-order valence-corrected chi connectivity index (χ3v) is 4.67. The SMILES string of the molecule is NC(=O)[C@@H]1CCCC[C@@H]1NC(=O)N(c1ccccc1)c1ccccc1. The molecule has 0 unspecified atom stereocenters. The molecule has 0 aromatic heterocycles. The minimum absolute atomic E-state index is 0.214. The van der Waals surface area contributed by atoms with Crippen LogP contribution in [0.2, 0.25) is 0 Å². The summed E-state index contributed by atoms with van der Waals surface area (Å²) in [5.74, 6) is -0.637. The Bertz CT molecular complexity index is 679. The maximum Gasteiger partial charge on any atom is 0.326 e. The van der Waals surface area contributed by atoms with Gasteiger partial charge in [0.15, 0.2) is 0 Å². The van der Waals surface area contributed by atoms with Crippen LogP contribution in [-0.2, 0) is 4.79 Å². The number of nitrogens with one attached hydrogen (secondary N) is 1. The van der Waals surface area contributed by atoms with Crippen LogP contribution in [0.3, 0.4) is 0 Å². The maximum atomic E-state index is 13.0. The zero-order valence-corrected chi connectivity index (χ0v) is 14.1. The van der Waals surface area contributed by atoms with E-state index in [9.17, 15) is 9.59 Å². The molecule has 0 heterocycles. The number of carbonyl (C=O) groups is 2. The topological polar surface area (TPSA) is 75.4 Å². The number of nitrogens with zero attached hydrogens (tertiary/aromatic N) is 1. The molecule has 0 spiro atoms. The number of anilines is 2.